The van der Waals surface area contributed by atoms with Gasteiger partial charge >= 0.3 is 5.97 Å². The number of nitrogens with one attached hydrogen (secondary N) is 1. The van der Waals surface area contributed by atoms with E-state index in [9.17, 15) is 18.8 Å². The Morgan fingerprint density at radius 2 is 1.83 bits per heavy atom. The number of halogens is 2. The molecule has 0 aliphatic heterocycles. The van der Waals surface area contributed by atoms with Crippen molar-refractivity contribution in [3.63, 3.8) is 0 Å². The molecule has 1 N–H and O–H groups in total. The maximum Gasteiger partial charge on any atom is 0.340 e. The van der Waals surface area contributed by atoms with Crippen LogP contribution < -0.4 is 10.9 Å². The van der Waals surface area contributed by atoms with Gasteiger partial charge in [-0.3, -0.25) is 14.3 Å². The molecule has 156 valence electrons. The van der Waals surface area contributed by atoms with Gasteiger partial charge in [0.2, 0.25) is 0 Å². The minimum atomic E-state index is -1.22. The Morgan fingerprint density at radius 3 is 2.47 bits per heavy atom. The van der Waals surface area contributed by atoms with Crippen molar-refractivity contribution < 1.29 is 18.7 Å². The zero-order chi connectivity index (χ0) is 22.0. The molecule has 0 bridgehead atoms. The summed E-state index contributed by atoms with van der Waals surface area (Å²) in [6, 6.07) is 12.2. The first kappa shape index (κ1) is 21.3. The summed E-state index contributed by atoms with van der Waals surface area (Å²) in [6.45, 7) is 3.05. The zero-order valence-corrected chi connectivity index (χ0v) is 17.2. The Balaban J connectivity index is 1.79. The average Bonchev–Trinajstić information content (AvgIpc) is 2.91. The maximum atomic E-state index is 13.1. The van der Waals surface area contributed by atoms with Crippen LogP contribution in [0.2, 0.25) is 5.02 Å². The molecule has 0 saturated heterocycles. The van der Waals surface area contributed by atoms with Crippen molar-refractivity contribution in [1.82, 2.24) is 9.36 Å². The van der Waals surface area contributed by atoms with Gasteiger partial charge in [-0.1, -0.05) is 29.8 Å². The van der Waals surface area contributed by atoms with Crippen LogP contribution >= 0.6 is 11.6 Å². The Morgan fingerprint density at radius 1 is 1.17 bits per heavy atom. The number of carbonyl (C=O) groups excluding carboxylic acids is 2. The van der Waals surface area contributed by atoms with Gasteiger partial charge in [0.1, 0.15) is 11.5 Å². The zero-order valence-electron chi connectivity index (χ0n) is 16.5. The Kier molecular flexibility index (Phi) is 6.07. The molecule has 1 unspecified atom stereocenters. The van der Waals surface area contributed by atoms with Crippen molar-refractivity contribution in [2.45, 2.75) is 20.0 Å². The lowest BCUT2D eigenvalue weighted by atomic mass is 10.2. The average molecular weight is 432 g/mol. The van der Waals surface area contributed by atoms with Crippen LogP contribution in [0.25, 0.3) is 5.69 Å². The Labute approximate surface area is 176 Å². The number of carbonyl (C=O) groups is 2. The summed E-state index contributed by atoms with van der Waals surface area (Å²) < 4.78 is 21.3. The summed E-state index contributed by atoms with van der Waals surface area (Å²) in [7, 11) is 1.69. The lowest BCUT2D eigenvalue weighted by Gasteiger charge is -2.13. The second-order valence-corrected chi connectivity index (χ2v) is 7.00. The van der Waals surface area contributed by atoms with Crippen molar-refractivity contribution in [2.24, 2.45) is 7.05 Å². The number of aromatic nitrogens is 2. The minimum absolute atomic E-state index is 0.0694. The van der Waals surface area contributed by atoms with Gasteiger partial charge in [0, 0.05) is 7.05 Å². The number of nitrogens with zero attached hydrogens (tertiary/aromatic N) is 2. The van der Waals surface area contributed by atoms with E-state index in [0.717, 1.165) is 12.1 Å². The van der Waals surface area contributed by atoms with Gasteiger partial charge in [-0.2, -0.15) is 0 Å². The molecule has 0 spiro atoms. The van der Waals surface area contributed by atoms with Gasteiger partial charge in [-0.05, 0) is 44.2 Å². The van der Waals surface area contributed by atoms with E-state index in [0.29, 0.717) is 11.4 Å². The predicted molar refractivity (Wildman–Crippen MR) is 111 cm³/mol. The van der Waals surface area contributed by atoms with Gasteiger partial charge in [0.05, 0.1) is 22.0 Å². The first-order valence-corrected chi connectivity index (χ1v) is 9.39. The van der Waals surface area contributed by atoms with Gasteiger partial charge in [-0.25, -0.2) is 13.9 Å². The van der Waals surface area contributed by atoms with Crippen molar-refractivity contribution in [1.29, 1.82) is 0 Å². The fraction of sp³-hybridized carbons (Fsp3) is 0.190. The molecule has 0 aliphatic carbocycles. The molecule has 1 heterocycles. The van der Waals surface area contributed by atoms with E-state index < -0.39 is 29.4 Å². The van der Waals surface area contributed by atoms with E-state index in [1.54, 1.807) is 42.9 Å². The van der Waals surface area contributed by atoms with Crippen LogP contribution in [-0.4, -0.2) is 27.3 Å². The lowest BCUT2D eigenvalue weighted by molar-refractivity contribution is -0.123. The number of amides is 1. The molecule has 0 radical (unpaired) electrons. The van der Waals surface area contributed by atoms with E-state index in [4.69, 9.17) is 16.3 Å². The van der Waals surface area contributed by atoms with E-state index in [1.165, 1.54) is 17.7 Å². The molecule has 2 aromatic carbocycles. The number of benzene rings is 2. The number of esters is 1. The highest BCUT2D eigenvalue weighted by atomic mass is 35.5. The quantitative estimate of drug-likeness (QED) is 0.627. The lowest BCUT2D eigenvalue weighted by Crippen LogP contribution is -2.32. The Bertz CT molecular complexity index is 1170. The molecule has 0 fully saturated rings. The van der Waals surface area contributed by atoms with Gasteiger partial charge in [0.15, 0.2) is 6.10 Å². The maximum absolute atomic E-state index is 13.1. The van der Waals surface area contributed by atoms with Crippen molar-refractivity contribution in [3.05, 3.63) is 81.0 Å². The molecule has 9 heteroatoms. The van der Waals surface area contributed by atoms with Crippen LogP contribution in [0.4, 0.5) is 10.1 Å². The van der Waals surface area contributed by atoms with Gasteiger partial charge in [0.25, 0.3) is 11.5 Å². The third kappa shape index (κ3) is 4.13. The molecular formula is C21H19ClFN3O4. The molecule has 1 aromatic heterocycles. The minimum Gasteiger partial charge on any atom is -0.449 e. The predicted octanol–water partition coefficient (Wildman–Crippen LogP) is 3.46. The molecular weight excluding hydrogens is 413 g/mol. The molecule has 30 heavy (non-hydrogen) atoms. The monoisotopic (exact) mass is 431 g/mol. The number of para-hydroxylation sites is 1. The van der Waals surface area contributed by atoms with E-state index >= 15 is 0 Å². The highest BCUT2D eigenvalue weighted by Gasteiger charge is 2.24. The van der Waals surface area contributed by atoms with Crippen molar-refractivity contribution in [2.75, 3.05) is 5.32 Å². The van der Waals surface area contributed by atoms with Gasteiger partial charge < -0.3 is 10.1 Å². The molecule has 1 amide bonds. The third-order valence-electron chi connectivity index (χ3n) is 4.61. The fourth-order valence-electron chi connectivity index (χ4n) is 2.87. The summed E-state index contributed by atoms with van der Waals surface area (Å²) in [6.07, 6.45) is -1.22. The first-order chi connectivity index (χ1) is 14.2. The van der Waals surface area contributed by atoms with Crippen LogP contribution in [0.1, 0.15) is 23.0 Å². The molecule has 3 rings (SSSR count). The Hall–Kier alpha value is -3.39. The largest absolute Gasteiger partial charge is 0.449 e. The summed E-state index contributed by atoms with van der Waals surface area (Å²) in [5.41, 5.74) is 0.750. The number of ether oxygens (including phenoxy) is 1. The summed E-state index contributed by atoms with van der Waals surface area (Å²) in [4.78, 5) is 37.6. The van der Waals surface area contributed by atoms with Crippen LogP contribution in [-0.2, 0) is 16.6 Å². The topological polar surface area (TPSA) is 82.3 Å². The molecule has 0 saturated carbocycles. The third-order valence-corrected chi connectivity index (χ3v) is 4.92. The smallest absolute Gasteiger partial charge is 0.340 e. The number of hydrogen-bond acceptors (Lipinski definition) is 4. The number of rotatable bonds is 5. The van der Waals surface area contributed by atoms with Crippen LogP contribution in [0, 0.1) is 12.7 Å². The standard InChI is InChI=1S/C21H19ClFN3O4/c1-12-18(20(28)26(25(12)3)15-7-5-4-6-8-15)24-19(27)13(2)30-21(29)16-10-9-14(23)11-17(16)22/h4-11,13H,1-3H3,(H,24,27). The summed E-state index contributed by atoms with van der Waals surface area (Å²) in [5.74, 6) is -2.17. The van der Waals surface area contributed by atoms with E-state index in [1.807, 2.05) is 6.07 Å². The van der Waals surface area contributed by atoms with E-state index in [2.05, 4.69) is 5.32 Å². The molecule has 1 atom stereocenters. The normalized spacial score (nSPS) is 11.8. The summed E-state index contributed by atoms with van der Waals surface area (Å²) >= 11 is 5.85. The second-order valence-electron chi connectivity index (χ2n) is 6.60. The van der Waals surface area contributed by atoms with E-state index in [-0.39, 0.29) is 16.3 Å². The van der Waals surface area contributed by atoms with Crippen molar-refractivity contribution >= 4 is 29.2 Å². The second kappa shape index (κ2) is 8.54. The molecule has 0 aliphatic rings. The van der Waals surface area contributed by atoms with Crippen molar-refractivity contribution in [3.8, 4) is 5.69 Å². The highest BCUT2D eigenvalue weighted by Crippen LogP contribution is 2.19. The van der Waals surface area contributed by atoms with Gasteiger partial charge in [-0.15, -0.1) is 0 Å². The van der Waals surface area contributed by atoms with Crippen LogP contribution in [0.15, 0.2) is 53.3 Å². The highest BCUT2D eigenvalue weighted by molar-refractivity contribution is 6.33. The molecule has 7 nitrogen and oxygen atoms in total. The summed E-state index contributed by atoms with van der Waals surface area (Å²) in [5, 5.41) is 2.40. The SMILES string of the molecule is Cc1c(NC(=O)C(C)OC(=O)c2ccc(F)cc2Cl)c(=O)n(-c2ccccc2)n1C. The van der Waals surface area contributed by atoms with Crippen LogP contribution in [0.3, 0.4) is 0 Å². The first-order valence-electron chi connectivity index (χ1n) is 9.01. The number of anilines is 1. The fourth-order valence-corrected chi connectivity index (χ4v) is 3.11. The number of hydrogen-bond donors (Lipinski definition) is 1. The molecule has 3 aromatic rings. The van der Waals surface area contributed by atoms with Crippen LogP contribution in [0.5, 0.6) is 0 Å².